The van der Waals surface area contributed by atoms with E-state index in [1.54, 1.807) is 0 Å². The third-order valence-corrected chi connectivity index (χ3v) is 9.96. The van der Waals surface area contributed by atoms with Gasteiger partial charge in [-0.15, -0.1) is 0 Å². The van der Waals surface area contributed by atoms with Crippen LogP contribution in [0.2, 0.25) is 0 Å². The molecule has 250 valence electrons. The third kappa shape index (κ3) is 13.6. The first-order valence-electron chi connectivity index (χ1n) is 18.2. The fourth-order valence-electron chi connectivity index (χ4n) is 6.95. The normalized spacial score (nSPS) is 23.5. The standard InChI is InChI=1S/C38H60F2O4/c1-3-5-7-9-11-13-35(39)37(41)43-33-25-19-30(20-26-33)16-15-29-17-21-31(22-18-29)32-23-27-34(28-24-32)44-38(42)36(40)14-12-10-8-6-4-2/h17-18,21-22,30,32-36H,3-16,19-20,23-28H2,1-2H3/t30?,32?,33?,34?,35-,36-/m0/s1. The first-order chi connectivity index (χ1) is 21.4. The van der Waals surface area contributed by atoms with Crippen molar-refractivity contribution in [3.8, 4) is 0 Å². The average Bonchev–Trinajstić information content (AvgIpc) is 3.04. The molecule has 0 aliphatic heterocycles. The van der Waals surface area contributed by atoms with Crippen molar-refractivity contribution in [2.45, 2.75) is 186 Å². The maximum absolute atomic E-state index is 14.3. The van der Waals surface area contributed by atoms with E-state index in [2.05, 4.69) is 38.1 Å². The van der Waals surface area contributed by atoms with Crippen LogP contribution in [-0.4, -0.2) is 36.5 Å². The van der Waals surface area contributed by atoms with E-state index in [1.165, 1.54) is 24.0 Å². The Balaban J connectivity index is 1.27. The van der Waals surface area contributed by atoms with E-state index >= 15 is 0 Å². The highest BCUT2D eigenvalue weighted by Gasteiger charge is 2.29. The average molecular weight is 619 g/mol. The summed E-state index contributed by atoms with van der Waals surface area (Å²) in [6.45, 7) is 4.31. The van der Waals surface area contributed by atoms with Crippen LogP contribution >= 0.6 is 0 Å². The monoisotopic (exact) mass is 618 g/mol. The molecule has 44 heavy (non-hydrogen) atoms. The Morgan fingerprint density at radius 1 is 0.659 bits per heavy atom. The topological polar surface area (TPSA) is 52.6 Å². The van der Waals surface area contributed by atoms with Crippen LogP contribution in [0.25, 0.3) is 0 Å². The summed E-state index contributed by atoms with van der Waals surface area (Å²) in [7, 11) is 0. The highest BCUT2D eigenvalue weighted by molar-refractivity contribution is 5.75. The maximum Gasteiger partial charge on any atom is 0.340 e. The minimum atomic E-state index is -1.49. The Morgan fingerprint density at radius 2 is 1.11 bits per heavy atom. The zero-order chi connectivity index (χ0) is 31.6. The van der Waals surface area contributed by atoms with Crippen molar-refractivity contribution in [1.29, 1.82) is 0 Å². The Kier molecular flexibility index (Phi) is 17.4. The van der Waals surface area contributed by atoms with Crippen LogP contribution in [0.4, 0.5) is 8.78 Å². The lowest BCUT2D eigenvalue weighted by atomic mass is 9.81. The molecular formula is C38H60F2O4. The summed E-state index contributed by atoms with van der Waals surface area (Å²) in [5.74, 6) is -0.246. The van der Waals surface area contributed by atoms with Gasteiger partial charge >= 0.3 is 11.9 Å². The van der Waals surface area contributed by atoms with Gasteiger partial charge in [0, 0.05) is 0 Å². The first kappa shape index (κ1) is 36.5. The number of hydrogen-bond acceptors (Lipinski definition) is 4. The first-order valence-corrected chi connectivity index (χ1v) is 18.2. The zero-order valence-electron chi connectivity index (χ0n) is 27.7. The lowest BCUT2D eigenvalue weighted by Gasteiger charge is -2.29. The molecule has 0 bridgehead atoms. The van der Waals surface area contributed by atoms with Gasteiger partial charge in [-0.2, -0.15) is 0 Å². The summed E-state index contributed by atoms with van der Waals surface area (Å²) < 4.78 is 39.6. The number of carbonyl (C=O) groups is 2. The fraction of sp³-hybridized carbons (Fsp3) is 0.789. The Morgan fingerprint density at radius 3 is 1.59 bits per heavy atom. The van der Waals surface area contributed by atoms with Gasteiger partial charge in [-0.3, -0.25) is 0 Å². The van der Waals surface area contributed by atoms with E-state index in [0.717, 1.165) is 116 Å². The highest BCUT2D eigenvalue weighted by atomic mass is 19.1. The van der Waals surface area contributed by atoms with Gasteiger partial charge in [-0.25, -0.2) is 18.4 Å². The maximum atomic E-state index is 14.3. The molecule has 0 spiro atoms. The van der Waals surface area contributed by atoms with Crippen LogP contribution < -0.4 is 0 Å². The summed E-state index contributed by atoms with van der Waals surface area (Å²) >= 11 is 0. The summed E-state index contributed by atoms with van der Waals surface area (Å²) in [6, 6.07) is 8.98. The van der Waals surface area contributed by atoms with Crippen LogP contribution in [0, 0.1) is 5.92 Å². The number of benzene rings is 1. The molecule has 0 unspecified atom stereocenters. The van der Waals surface area contributed by atoms with E-state index in [-0.39, 0.29) is 25.0 Å². The number of ether oxygens (including phenoxy) is 2. The molecule has 1 aromatic rings. The second kappa shape index (κ2) is 20.9. The largest absolute Gasteiger partial charge is 0.460 e. The SMILES string of the molecule is CCCCCCC[C@H](F)C(=O)OC1CCC(CCc2ccc(C3CCC(OC(=O)[C@@H](F)CCCCCCC)CC3)cc2)CC1. The molecular weight excluding hydrogens is 558 g/mol. The summed E-state index contributed by atoms with van der Waals surface area (Å²) in [4.78, 5) is 24.4. The molecule has 0 amide bonds. The van der Waals surface area contributed by atoms with Crippen LogP contribution in [0.5, 0.6) is 0 Å². The Labute approximate surface area is 266 Å². The number of esters is 2. The van der Waals surface area contributed by atoms with Crippen LogP contribution in [-0.2, 0) is 25.5 Å². The number of alkyl halides is 2. The van der Waals surface area contributed by atoms with E-state index in [1.807, 2.05) is 0 Å². The van der Waals surface area contributed by atoms with Gasteiger partial charge in [0.25, 0.3) is 0 Å². The molecule has 2 saturated carbocycles. The molecule has 4 nitrogen and oxygen atoms in total. The van der Waals surface area contributed by atoms with Gasteiger partial charge in [0.15, 0.2) is 12.3 Å². The summed E-state index contributed by atoms with van der Waals surface area (Å²) in [5.41, 5.74) is 2.68. The van der Waals surface area contributed by atoms with Crippen LogP contribution in [0.3, 0.4) is 0 Å². The minimum absolute atomic E-state index is 0.131. The second-order valence-electron chi connectivity index (χ2n) is 13.6. The van der Waals surface area contributed by atoms with Crippen LogP contribution in [0.1, 0.15) is 166 Å². The molecule has 0 heterocycles. The van der Waals surface area contributed by atoms with Crippen molar-refractivity contribution in [2.24, 2.45) is 5.92 Å². The van der Waals surface area contributed by atoms with Gasteiger partial charge < -0.3 is 9.47 Å². The molecule has 1 aromatic carbocycles. The van der Waals surface area contributed by atoms with Crippen molar-refractivity contribution in [1.82, 2.24) is 0 Å². The Bertz CT molecular complexity index is 919. The van der Waals surface area contributed by atoms with E-state index in [4.69, 9.17) is 9.47 Å². The molecule has 6 heteroatoms. The van der Waals surface area contributed by atoms with Gasteiger partial charge in [0.05, 0.1) is 0 Å². The number of hydrogen-bond donors (Lipinski definition) is 0. The molecule has 2 aliphatic rings. The van der Waals surface area contributed by atoms with Gasteiger partial charge in [-0.05, 0) is 113 Å². The lowest BCUT2D eigenvalue weighted by Crippen LogP contribution is -2.29. The van der Waals surface area contributed by atoms with E-state index in [0.29, 0.717) is 11.8 Å². The summed E-state index contributed by atoms with van der Waals surface area (Å²) in [5, 5.41) is 0. The van der Waals surface area contributed by atoms with E-state index < -0.39 is 24.3 Å². The molecule has 0 radical (unpaired) electrons. The molecule has 2 atom stereocenters. The third-order valence-electron chi connectivity index (χ3n) is 9.96. The molecule has 0 aromatic heterocycles. The van der Waals surface area contributed by atoms with Gasteiger partial charge in [0.1, 0.15) is 12.2 Å². The van der Waals surface area contributed by atoms with Crippen molar-refractivity contribution >= 4 is 11.9 Å². The molecule has 0 N–H and O–H groups in total. The zero-order valence-corrected chi connectivity index (χ0v) is 27.7. The van der Waals surface area contributed by atoms with Crippen molar-refractivity contribution in [3.63, 3.8) is 0 Å². The van der Waals surface area contributed by atoms with Crippen molar-refractivity contribution in [2.75, 3.05) is 0 Å². The van der Waals surface area contributed by atoms with E-state index in [9.17, 15) is 18.4 Å². The fourth-order valence-corrected chi connectivity index (χ4v) is 6.95. The van der Waals surface area contributed by atoms with Crippen LogP contribution in [0.15, 0.2) is 24.3 Å². The second-order valence-corrected chi connectivity index (χ2v) is 13.6. The molecule has 2 fully saturated rings. The molecule has 0 saturated heterocycles. The number of unbranched alkanes of at least 4 members (excludes halogenated alkanes) is 8. The highest BCUT2D eigenvalue weighted by Crippen LogP contribution is 2.35. The smallest absolute Gasteiger partial charge is 0.340 e. The predicted octanol–water partition coefficient (Wildman–Crippen LogP) is 10.7. The van der Waals surface area contributed by atoms with Crippen molar-refractivity contribution < 1.29 is 27.8 Å². The lowest BCUT2D eigenvalue weighted by molar-refractivity contribution is -0.158. The van der Waals surface area contributed by atoms with Gasteiger partial charge in [-0.1, -0.05) is 89.5 Å². The van der Waals surface area contributed by atoms with Crippen molar-refractivity contribution in [3.05, 3.63) is 35.4 Å². The van der Waals surface area contributed by atoms with Gasteiger partial charge in [0.2, 0.25) is 0 Å². The molecule has 2 aliphatic carbocycles. The number of carbonyl (C=O) groups excluding carboxylic acids is 2. The quantitative estimate of drug-likeness (QED) is 0.108. The predicted molar refractivity (Wildman–Crippen MR) is 174 cm³/mol. The Hall–Kier alpha value is -1.98. The molecule has 3 rings (SSSR count). The number of rotatable bonds is 20. The number of aryl methyl sites for hydroxylation is 1. The summed E-state index contributed by atoms with van der Waals surface area (Å²) in [6.07, 6.45) is 17.0. The minimum Gasteiger partial charge on any atom is -0.460 e. The number of halogens is 2.